The van der Waals surface area contributed by atoms with Crippen LogP contribution in [0.2, 0.25) is 0 Å². The van der Waals surface area contributed by atoms with Crippen LogP contribution >= 0.6 is 11.8 Å². The summed E-state index contributed by atoms with van der Waals surface area (Å²) in [6.45, 7) is 6.16. The number of amidine groups is 1. The zero-order chi connectivity index (χ0) is 27.7. The van der Waals surface area contributed by atoms with Crippen molar-refractivity contribution < 1.29 is 19.0 Å². The summed E-state index contributed by atoms with van der Waals surface area (Å²) >= 11 is 1.60. The van der Waals surface area contributed by atoms with E-state index in [1.165, 1.54) is 5.56 Å². The lowest BCUT2D eigenvalue weighted by Crippen LogP contribution is -2.37. The number of fused-ring (bicyclic) bond motifs is 1. The molecule has 1 aliphatic rings. The van der Waals surface area contributed by atoms with Crippen LogP contribution in [0, 0.1) is 13.8 Å². The molecule has 1 amide bonds. The lowest BCUT2D eigenvalue weighted by Gasteiger charge is -2.22. The van der Waals surface area contributed by atoms with E-state index in [0.29, 0.717) is 33.7 Å². The Bertz CT molecular complexity index is 1580. The van der Waals surface area contributed by atoms with Gasteiger partial charge in [0, 0.05) is 22.7 Å². The van der Waals surface area contributed by atoms with Crippen molar-refractivity contribution in [3.8, 4) is 28.5 Å². The molecule has 0 N–H and O–H groups in total. The zero-order valence-corrected chi connectivity index (χ0v) is 23.8. The number of nitrogens with zero attached hydrogens (tertiary/aromatic N) is 3. The monoisotopic (exact) mass is 541 g/mol. The minimum Gasteiger partial charge on any atom is -0.493 e. The Morgan fingerprint density at radius 2 is 1.69 bits per heavy atom. The van der Waals surface area contributed by atoms with Gasteiger partial charge in [0.15, 0.2) is 16.7 Å². The first-order valence-electron chi connectivity index (χ1n) is 12.7. The second-order valence-electron chi connectivity index (χ2n) is 9.51. The number of thioether (sulfide) groups is 1. The Hall–Kier alpha value is -4.04. The van der Waals surface area contributed by atoms with E-state index in [9.17, 15) is 4.79 Å². The van der Waals surface area contributed by atoms with E-state index in [1.54, 1.807) is 33.1 Å². The molecule has 7 nitrogen and oxygen atoms in total. The van der Waals surface area contributed by atoms with Gasteiger partial charge in [-0.15, -0.1) is 0 Å². The van der Waals surface area contributed by atoms with Gasteiger partial charge in [-0.05, 0) is 56.7 Å². The zero-order valence-electron chi connectivity index (χ0n) is 22.9. The smallest absolute Gasteiger partial charge is 0.260 e. The predicted octanol–water partition coefficient (Wildman–Crippen LogP) is 6.81. The van der Waals surface area contributed by atoms with Crippen molar-refractivity contribution in [2.75, 3.05) is 27.1 Å². The summed E-state index contributed by atoms with van der Waals surface area (Å²) in [7, 11) is 4.72. The number of hydrogen-bond donors (Lipinski definition) is 0. The molecule has 3 aromatic carbocycles. The van der Waals surface area contributed by atoms with Crippen LogP contribution in [0.5, 0.6) is 17.2 Å². The normalized spacial score (nSPS) is 16.1. The summed E-state index contributed by atoms with van der Waals surface area (Å²) in [6.07, 6.45) is 0. The van der Waals surface area contributed by atoms with Crippen LogP contribution in [0.15, 0.2) is 65.7 Å². The van der Waals surface area contributed by atoms with Gasteiger partial charge in [0.1, 0.15) is 0 Å². The van der Waals surface area contributed by atoms with Crippen LogP contribution in [0.25, 0.3) is 22.2 Å². The number of hydrogen-bond acceptors (Lipinski definition) is 7. The second kappa shape index (κ2) is 11.0. The SMILES string of the molecule is COc1cc(-c2cc(C(=O)N3C(=Nc4ccc(C)cc4C)SCC3C)c3ccccc3n2)cc(OC)c1OC. The third-order valence-corrected chi connectivity index (χ3v) is 7.99. The highest BCUT2D eigenvalue weighted by atomic mass is 32.2. The molecule has 1 atom stereocenters. The van der Waals surface area contributed by atoms with Gasteiger partial charge in [-0.3, -0.25) is 9.69 Å². The molecule has 1 unspecified atom stereocenters. The van der Waals surface area contributed by atoms with Crippen molar-refractivity contribution in [2.45, 2.75) is 26.8 Å². The number of carbonyl (C=O) groups excluding carboxylic acids is 1. The molecule has 0 spiro atoms. The van der Waals surface area contributed by atoms with E-state index in [-0.39, 0.29) is 11.9 Å². The average molecular weight is 542 g/mol. The van der Waals surface area contributed by atoms with Crippen LogP contribution in [-0.4, -0.2) is 54.1 Å². The Balaban J connectivity index is 1.64. The van der Waals surface area contributed by atoms with Gasteiger partial charge in [-0.1, -0.05) is 47.7 Å². The quantitative estimate of drug-likeness (QED) is 0.267. The van der Waals surface area contributed by atoms with Crippen LogP contribution in [-0.2, 0) is 0 Å². The maximum Gasteiger partial charge on any atom is 0.260 e. The molecule has 39 heavy (non-hydrogen) atoms. The molecule has 4 aromatic rings. The standard InChI is InChI=1S/C31H31N3O4S/c1-18-11-12-24(19(2)13-18)33-31-34(20(3)17-39-31)30(35)23-16-26(32-25-10-8-7-9-22(23)25)21-14-27(36-4)29(38-6)28(15-21)37-5/h7-16,20H,17H2,1-6H3. The topological polar surface area (TPSA) is 73.2 Å². The maximum atomic E-state index is 14.3. The molecule has 1 aromatic heterocycles. The van der Waals surface area contributed by atoms with E-state index in [0.717, 1.165) is 33.5 Å². The van der Waals surface area contributed by atoms with Gasteiger partial charge in [0.25, 0.3) is 5.91 Å². The lowest BCUT2D eigenvalue weighted by atomic mass is 10.0. The molecule has 1 aliphatic heterocycles. The first-order valence-corrected chi connectivity index (χ1v) is 13.7. The third kappa shape index (κ3) is 5.04. The van der Waals surface area contributed by atoms with E-state index in [4.69, 9.17) is 24.2 Å². The summed E-state index contributed by atoms with van der Waals surface area (Å²) in [5.74, 6) is 2.20. The maximum absolute atomic E-state index is 14.3. The number of para-hydroxylation sites is 1. The minimum absolute atomic E-state index is 0.0106. The molecule has 0 aliphatic carbocycles. The van der Waals surface area contributed by atoms with Crippen LogP contribution in [0.4, 0.5) is 5.69 Å². The number of rotatable bonds is 6. The highest BCUT2D eigenvalue weighted by Crippen LogP contribution is 2.41. The fraction of sp³-hybridized carbons (Fsp3) is 0.258. The number of methoxy groups -OCH3 is 3. The lowest BCUT2D eigenvalue weighted by molar-refractivity contribution is 0.0830. The van der Waals surface area contributed by atoms with Crippen LogP contribution in [0.1, 0.15) is 28.4 Å². The highest BCUT2D eigenvalue weighted by Gasteiger charge is 2.34. The second-order valence-corrected chi connectivity index (χ2v) is 10.5. The molecule has 1 saturated heterocycles. The van der Waals surface area contributed by atoms with Crippen LogP contribution in [0.3, 0.4) is 0 Å². The highest BCUT2D eigenvalue weighted by molar-refractivity contribution is 8.14. The van der Waals surface area contributed by atoms with Crippen molar-refractivity contribution in [1.82, 2.24) is 9.88 Å². The van der Waals surface area contributed by atoms with Crippen LogP contribution < -0.4 is 14.2 Å². The summed E-state index contributed by atoms with van der Waals surface area (Å²) < 4.78 is 16.6. The van der Waals surface area contributed by atoms with Gasteiger partial charge >= 0.3 is 0 Å². The number of ether oxygens (including phenoxy) is 3. The number of pyridine rings is 1. The molecule has 200 valence electrons. The first-order chi connectivity index (χ1) is 18.8. The van der Waals surface area contributed by atoms with Crippen molar-refractivity contribution in [1.29, 1.82) is 0 Å². The largest absolute Gasteiger partial charge is 0.493 e. The number of aryl methyl sites for hydroxylation is 2. The molecule has 2 heterocycles. The molecular formula is C31H31N3O4S. The van der Waals surface area contributed by atoms with Crippen molar-refractivity contribution >= 4 is 39.4 Å². The Morgan fingerprint density at radius 3 is 2.36 bits per heavy atom. The molecule has 5 rings (SSSR count). The van der Waals surface area contributed by atoms with E-state index < -0.39 is 0 Å². The van der Waals surface area contributed by atoms with E-state index >= 15 is 0 Å². The predicted molar refractivity (Wildman–Crippen MR) is 158 cm³/mol. The van der Waals surface area contributed by atoms with Gasteiger partial charge in [0.2, 0.25) is 5.75 Å². The van der Waals surface area contributed by atoms with Gasteiger partial charge in [-0.2, -0.15) is 0 Å². The fourth-order valence-electron chi connectivity index (χ4n) is 4.79. The van der Waals surface area contributed by atoms with Crippen molar-refractivity contribution in [2.24, 2.45) is 4.99 Å². The summed E-state index contributed by atoms with van der Waals surface area (Å²) in [5.41, 5.74) is 5.79. The summed E-state index contributed by atoms with van der Waals surface area (Å²) in [5, 5.41) is 1.49. The Morgan fingerprint density at radius 1 is 0.974 bits per heavy atom. The summed E-state index contributed by atoms with van der Waals surface area (Å²) in [4.78, 5) is 25.9. The molecule has 0 bridgehead atoms. The molecular weight excluding hydrogens is 510 g/mol. The third-order valence-electron chi connectivity index (χ3n) is 6.79. The number of aromatic nitrogens is 1. The molecule has 0 radical (unpaired) electrons. The number of benzene rings is 3. The van der Waals surface area contributed by atoms with Gasteiger partial charge in [-0.25, -0.2) is 9.98 Å². The Labute approximate surface area is 232 Å². The first kappa shape index (κ1) is 26.6. The minimum atomic E-state index is -0.108. The number of aliphatic imine (C=N–C) groups is 1. The van der Waals surface area contributed by atoms with Gasteiger partial charge < -0.3 is 14.2 Å². The number of carbonyl (C=O) groups is 1. The van der Waals surface area contributed by atoms with E-state index in [1.807, 2.05) is 66.4 Å². The van der Waals surface area contributed by atoms with Crippen molar-refractivity contribution in [3.05, 3.63) is 77.4 Å². The number of amides is 1. The van der Waals surface area contributed by atoms with Gasteiger partial charge in [0.05, 0.1) is 43.8 Å². The molecule has 0 saturated carbocycles. The Kier molecular flexibility index (Phi) is 7.48. The summed E-state index contributed by atoms with van der Waals surface area (Å²) in [6, 6.07) is 19.4. The van der Waals surface area contributed by atoms with Crippen molar-refractivity contribution in [3.63, 3.8) is 0 Å². The fourth-order valence-corrected chi connectivity index (χ4v) is 5.90. The average Bonchev–Trinajstić information content (AvgIpc) is 3.32. The molecule has 1 fully saturated rings. The van der Waals surface area contributed by atoms with E-state index in [2.05, 4.69) is 19.9 Å². The molecule has 8 heteroatoms.